The minimum absolute atomic E-state index is 0.0855. The molecule has 27 heavy (non-hydrogen) atoms. The van der Waals surface area contributed by atoms with Crippen molar-refractivity contribution in [2.24, 2.45) is 0 Å². The van der Waals surface area contributed by atoms with Gasteiger partial charge >= 0.3 is 5.97 Å². The Hall–Kier alpha value is -3.54. The van der Waals surface area contributed by atoms with Gasteiger partial charge in [-0.1, -0.05) is 48.2 Å². The molecule has 0 aliphatic rings. The van der Waals surface area contributed by atoms with Gasteiger partial charge < -0.3 is 4.74 Å². The van der Waals surface area contributed by atoms with Gasteiger partial charge in [0.15, 0.2) is 0 Å². The Morgan fingerprint density at radius 3 is 2.41 bits per heavy atom. The van der Waals surface area contributed by atoms with E-state index in [2.05, 4.69) is 12.1 Å². The van der Waals surface area contributed by atoms with Crippen LogP contribution in [0.2, 0.25) is 0 Å². The Labute approximate surface area is 161 Å². The SMILES string of the molecule is N#Cc1cccc(COC(=O)c2ccccc2Sc2ccccc2C#N)c1. The van der Waals surface area contributed by atoms with Crippen LogP contribution < -0.4 is 0 Å². The van der Waals surface area contributed by atoms with Crippen molar-refractivity contribution in [1.82, 2.24) is 0 Å². The van der Waals surface area contributed by atoms with E-state index in [-0.39, 0.29) is 6.61 Å². The molecule has 0 aromatic heterocycles. The number of carbonyl (C=O) groups is 1. The van der Waals surface area contributed by atoms with Crippen molar-refractivity contribution in [3.05, 3.63) is 95.1 Å². The highest BCUT2D eigenvalue weighted by molar-refractivity contribution is 7.99. The molecular formula is C22H14N2O2S. The highest BCUT2D eigenvalue weighted by Crippen LogP contribution is 2.33. The van der Waals surface area contributed by atoms with Gasteiger partial charge in [-0.25, -0.2) is 4.79 Å². The van der Waals surface area contributed by atoms with Crippen LogP contribution in [0.1, 0.15) is 27.0 Å². The van der Waals surface area contributed by atoms with Crippen molar-refractivity contribution < 1.29 is 9.53 Å². The Balaban J connectivity index is 1.78. The molecule has 0 saturated carbocycles. The largest absolute Gasteiger partial charge is 0.457 e. The molecule has 3 aromatic carbocycles. The third kappa shape index (κ3) is 4.55. The van der Waals surface area contributed by atoms with Crippen LogP contribution in [0, 0.1) is 22.7 Å². The zero-order chi connectivity index (χ0) is 19.1. The van der Waals surface area contributed by atoms with Gasteiger partial charge in [0.2, 0.25) is 0 Å². The second-order valence-corrected chi connectivity index (χ2v) is 6.68. The van der Waals surface area contributed by atoms with Crippen LogP contribution >= 0.6 is 11.8 Å². The van der Waals surface area contributed by atoms with Crippen LogP contribution in [0.5, 0.6) is 0 Å². The van der Waals surface area contributed by atoms with Gasteiger partial charge in [-0.2, -0.15) is 10.5 Å². The lowest BCUT2D eigenvalue weighted by molar-refractivity contribution is 0.0468. The second-order valence-electron chi connectivity index (χ2n) is 5.59. The fourth-order valence-corrected chi connectivity index (χ4v) is 3.46. The molecule has 0 fully saturated rings. The predicted octanol–water partition coefficient (Wildman–Crippen LogP) is 4.94. The molecule has 0 unspecified atom stereocenters. The van der Waals surface area contributed by atoms with Gasteiger partial charge in [-0.3, -0.25) is 0 Å². The van der Waals surface area contributed by atoms with Crippen molar-refractivity contribution >= 4 is 17.7 Å². The average Bonchev–Trinajstić information content (AvgIpc) is 2.73. The van der Waals surface area contributed by atoms with E-state index in [1.54, 1.807) is 48.5 Å². The topological polar surface area (TPSA) is 73.9 Å². The summed E-state index contributed by atoms with van der Waals surface area (Å²) in [4.78, 5) is 14.1. The van der Waals surface area contributed by atoms with Gasteiger partial charge in [0.25, 0.3) is 0 Å². The Morgan fingerprint density at radius 1 is 0.889 bits per heavy atom. The molecule has 0 aliphatic heterocycles. The normalized spacial score (nSPS) is 9.85. The van der Waals surface area contributed by atoms with Crippen LogP contribution in [0.3, 0.4) is 0 Å². The van der Waals surface area contributed by atoms with Crippen molar-refractivity contribution in [3.63, 3.8) is 0 Å². The van der Waals surface area contributed by atoms with Crippen LogP contribution in [0.15, 0.2) is 82.6 Å². The lowest BCUT2D eigenvalue weighted by atomic mass is 10.1. The van der Waals surface area contributed by atoms with E-state index in [9.17, 15) is 10.1 Å². The second kappa shape index (κ2) is 8.71. The molecule has 0 N–H and O–H groups in total. The number of ether oxygens (including phenoxy) is 1. The first-order chi connectivity index (χ1) is 13.2. The molecule has 3 rings (SSSR count). The lowest BCUT2D eigenvalue weighted by Gasteiger charge is -2.10. The number of benzene rings is 3. The van der Waals surface area contributed by atoms with Crippen LogP contribution in [-0.4, -0.2) is 5.97 Å². The van der Waals surface area contributed by atoms with E-state index in [1.807, 2.05) is 24.3 Å². The maximum atomic E-state index is 12.6. The summed E-state index contributed by atoms with van der Waals surface area (Å²) in [6, 6.07) is 25.5. The summed E-state index contributed by atoms with van der Waals surface area (Å²) in [6.07, 6.45) is 0. The molecule has 0 atom stereocenters. The fourth-order valence-electron chi connectivity index (χ4n) is 2.45. The Bertz CT molecular complexity index is 1060. The maximum absolute atomic E-state index is 12.6. The van der Waals surface area contributed by atoms with E-state index in [4.69, 9.17) is 10.00 Å². The molecule has 130 valence electrons. The number of hydrogen-bond donors (Lipinski definition) is 0. The summed E-state index contributed by atoms with van der Waals surface area (Å²) in [6.45, 7) is 0.0855. The van der Waals surface area contributed by atoms with Crippen molar-refractivity contribution in [1.29, 1.82) is 10.5 Å². The molecule has 4 nitrogen and oxygen atoms in total. The van der Waals surface area contributed by atoms with E-state index in [0.717, 1.165) is 15.4 Å². The standard InChI is InChI=1S/C22H14N2O2S/c23-13-16-6-5-7-17(12-16)15-26-22(25)19-9-2-4-11-21(19)27-20-10-3-1-8-18(20)14-24/h1-12H,15H2. The number of nitriles is 2. The molecule has 0 bridgehead atoms. The van der Waals surface area contributed by atoms with E-state index in [0.29, 0.717) is 16.7 Å². The molecule has 0 spiro atoms. The quantitative estimate of drug-likeness (QED) is 0.595. The van der Waals surface area contributed by atoms with Crippen LogP contribution in [-0.2, 0) is 11.3 Å². The van der Waals surface area contributed by atoms with Gasteiger partial charge in [-0.15, -0.1) is 0 Å². The lowest BCUT2D eigenvalue weighted by Crippen LogP contribution is -2.06. The summed E-state index contributed by atoms with van der Waals surface area (Å²) in [5.74, 6) is -0.449. The molecule has 5 heteroatoms. The third-order valence-corrected chi connectivity index (χ3v) is 4.91. The van der Waals surface area contributed by atoms with Crippen molar-refractivity contribution in [2.75, 3.05) is 0 Å². The van der Waals surface area contributed by atoms with E-state index >= 15 is 0 Å². The van der Waals surface area contributed by atoms with Gasteiger partial charge in [-0.05, 0) is 42.0 Å². The summed E-state index contributed by atoms with van der Waals surface area (Å²) < 4.78 is 5.42. The highest BCUT2D eigenvalue weighted by atomic mass is 32.2. The minimum Gasteiger partial charge on any atom is -0.457 e. The first-order valence-electron chi connectivity index (χ1n) is 8.13. The monoisotopic (exact) mass is 370 g/mol. The average molecular weight is 370 g/mol. The number of nitrogens with zero attached hydrogens (tertiary/aromatic N) is 2. The summed E-state index contributed by atoms with van der Waals surface area (Å²) in [7, 11) is 0. The molecule has 3 aromatic rings. The molecule has 0 amide bonds. The Kier molecular flexibility index (Phi) is 5.89. The molecule has 0 radical (unpaired) electrons. The van der Waals surface area contributed by atoms with Gasteiger partial charge in [0.1, 0.15) is 12.7 Å². The molecule has 0 saturated heterocycles. The number of carbonyl (C=O) groups excluding carboxylic acids is 1. The third-order valence-electron chi connectivity index (χ3n) is 3.76. The Morgan fingerprint density at radius 2 is 1.63 bits per heavy atom. The summed E-state index contributed by atoms with van der Waals surface area (Å²) >= 11 is 1.36. The summed E-state index contributed by atoms with van der Waals surface area (Å²) in [5.41, 5.74) is 2.26. The smallest absolute Gasteiger partial charge is 0.339 e. The highest BCUT2D eigenvalue weighted by Gasteiger charge is 2.15. The fraction of sp³-hybridized carbons (Fsp3) is 0.0455. The van der Waals surface area contributed by atoms with Crippen molar-refractivity contribution in [3.8, 4) is 12.1 Å². The van der Waals surface area contributed by atoms with Gasteiger partial charge in [0.05, 0.1) is 22.8 Å². The maximum Gasteiger partial charge on any atom is 0.339 e. The van der Waals surface area contributed by atoms with Crippen molar-refractivity contribution in [2.45, 2.75) is 16.4 Å². The first kappa shape index (κ1) is 18.3. The predicted molar refractivity (Wildman–Crippen MR) is 102 cm³/mol. The molecule has 0 aliphatic carbocycles. The van der Waals surface area contributed by atoms with Crippen LogP contribution in [0.25, 0.3) is 0 Å². The molecule has 0 heterocycles. The van der Waals surface area contributed by atoms with E-state index in [1.165, 1.54) is 11.8 Å². The number of rotatable bonds is 5. The number of hydrogen-bond acceptors (Lipinski definition) is 5. The van der Waals surface area contributed by atoms with Gasteiger partial charge in [0, 0.05) is 9.79 Å². The zero-order valence-corrected chi connectivity index (χ0v) is 15.1. The minimum atomic E-state index is -0.449. The molecular weight excluding hydrogens is 356 g/mol. The number of esters is 1. The van der Waals surface area contributed by atoms with E-state index < -0.39 is 5.97 Å². The zero-order valence-electron chi connectivity index (χ0n) is 14.3. The first-order valence-corrected chi connectivity index (χ1v) is 8.95. The summed E-state index contributed by atoms with van der Waals surface area (Å²) in [5, 5.41) is 18.2. The van der Waals surface area contributed by atoms with Crippen LogP contribution in [0.4, 0.5) is 0 Å².